The van der Waals surface area contributed by atoms with Crippen molar-refractivity contribution in [2.45, 2.75) is 38.3 Å². The van der Waals surface area contributed by atoms with Gasteiger partial charge >= 0.3 is 0 Å². The molecule has 0 spiro atoms. The van der Waals surface area contributed by atoms with E-state index in [1.807, 2.05) is 13.0 Å². The Morgan fingerprint density at radius 1 is 1.05 bits per heavy atom. The van der Waals surface area contributed by atoms with Gasteiger partial charge in [0.15, 0.2) is 0 Å². The van der Waals surface area contributed by atoms with Crippen molar-refractivity contribution in [2.75, 3.05) is 0 Å². The predicted molar refractivity (Wildman–Crippen MR) is 78.0 cm³/mol. The molecule has 1 aromatic heterocycles. The third kappa shape index (κ3) is 3.02. The van der Waals surface area contributed by atoms with E-state index in [9.17, 15) is 0 Å². The molecular formula is C17H20N2. The van der Waals surface area contributed by atoms with E-state index in [0.29, 0.717) is 6.04 Å². The van der Waals surface area contributed by atoms with E-state index in [4.69, 9.17) is 0 Å². The fraction of sp³-hybridized carbons (Fsp3) is 0.353. The Morgan fingerprint density at radius 3 is 2.58 bits per heavy atom. The van der Waals surface area contributed by atoms with Crippen LogP contribution in [0.4, 0.5) is 0 Å². The second kappa shape index (κ2) is 5.54. The van der Waals surface area contributed by atoms with Crippen molar-refractivity contribution in [1.29, 1.82) is 0 Å². The summed E-state index contributed by atoms with van der Waals surface area (Å²) in [6.45, 7) is 2.92. The molecule has 98 valence electrons. The van der Waals surface area contributed by atoms with E-state index in [0.717, 1.165) is 23.9 Å². The fourth-order valence-electron chi connectivity index (χ4n) is 2.73. The van der Waals surface area contributed by atoms with Crippen LogP contribution in [0.5, 0.6) is 0 Å². The minimum Gasteiger partial charge on any atom is -0.308 e. The molecule has 2 heteroatoms. The molecule has 2 nitrogen and oxygen atoms in total. The Labute approximate surface area is 114 Å². The van der Waals surface area contributed by atoms with Gasteiger partial charge in [-0.3, -0.25) is 4.98 Å². The number of rotatable bonds is 4. The second-order valence-corrected chi connectivity index (χ2v) is 5.43. The summed E-state index contributed by atoms with van der Waals surface area (Å²) in [5, 5.41) is 3.60. The standard InChI is InChI=1S/C17H20N2/c1-13-6-5-9-16(19-13)12-18-17-10-15(11-17)14-7-3-2-4-8-14/h2-9,15,17-18H,10-12H2,1H3. The van der Waals surface area contributed by atoms with Crippen LogP contribution in [-0.4, -0.2) is 11.0 Å². The van der Waals surface area contributed by atoms with Crippen LogP contribution >= 0.6 is 0 Å². The highest BCUT2D eigenvalue weighted by atomic mass is 14.9. The molecule has 2 aromatic rings. The van der Waals surface area contributed by atoms with Crippen LogP contribution in [0.3, 0.4) is 0 Å². The average molecular weight is 252 g/mol. The molecule has 0 aliphatic heterocycles. The zero-order valence-electron chi connectivity index (χ0n) is 11.3. The summed E-state index contributed by atoms with van der Waals surface area (Å²) in [7, 11) is 0. The van der Waals surface area contributed by atoms with Crippen molar-refractivity contribution in [2.24, 2.45) is 0 Å². The highest BCUT2D eigenvalue weighted by molar-refractivity contribution is 5.22. The summed E-state index contributed by atoms with van der Waals surface area (Å²) in [6.07, 6.45) is 2.49. The first-order chi connectivity index (χ1) is 9.31. The maximum atomic E-state index is 4.52. The molecule has 0 bridgehead atoms. The van der Waals surface area contributed by atoms with Gasteiger partial charge in [-0.15, -0.1) is 0 Å². The summed E-state index contributed by atoms with van der Waals surface area (Å²) >= 11 is 0. The lowest BCUT2D eigenvalue weighted by molar-refractivity contribution is 0.288. The number of hydrogen-bond donors (Lipinski definition) is 1. The van der Waals surface area contributed by atoms with Crippen LogP contribution in [0.25, 0.3) is 0 Å². The van der Waals surface area contributed by atoms with Crippen LogP contribution < -0.4 is 5.32 Å². The molecule has 1 fully saturated rings. The summed E-state index contributed by atoms with van der Waals surface area (Å²) in [5.74, 6) is 0.740. The third-order valence-corrected chi connectivity index (χ3v) is 3.93. The molecule has 1 aliphatic rings. The zero-order valence-corrected chi connectivity index (χ0v) is 11.3. The van der Waals surface area contributed by atoms with Crippen molar-refractivity contribution in [1.82, 2.24) is 10.3 Å². The molecule has 19 heavy (non-hydrogen) atoms. The zero-order chi connectivity index (χ0) is 13.1. The van der Waals surface area contributed by atoms with E-state index in [-0.39, 0.29) is 0 Å². The number of nitrogens with one attached hydrogen (secondary N) is 1. The van der Waals surface area contributed by atoms with Gasteiger partial charge in [-0.2, -0.15) is 0 Å². The van der Waals surface area contributed by atoms with Crippen LogP contribution in [0.15, 0.2) is 48.5 Å². The van der Waals surface area contributed by atoms with Gasteiger partial charge in [0.25, 0.3) is 0 Å². The molecule has 1 saturated carbocycles. The first kappa shape index (κ1) is 12.4. The van der Waals surface area contributed by atoms with Crippen molar-refractivity contribution in [3.05, 3.63) is 65.5 Å². The van der Waals surface area contributed by atoms with Crippen LogP contribution in [0.2, 0.25) is 0 Å². The summed E-state index contributed by atoms with van der Waals surface area (Å²) < 4.78 is 0. The Hall–Kier alpha value is -1.67. The van der Waals surface area contributed by atoms with Gasteiger partial charge in [0.1, 0.15) is 0 Å². The van der Waals surface area contributed by atoms with E-state index in [1.165, 1.54) is 18.4 Å². The number of nitrogens with zero attached hydrogens (tertiary/aromatic N) is 1. The van der Waals surface area contributed by atoms with E-state index in [2.05, 4.69) is 52.8 Å². The molecule has 0 saturated heterocycles. The lowest BCUT2D eigenvalue weighted by atomic mass is 9.76. The first-order valence-electron chi connectivity index (χ1n) is 7.02. The minimum atomic E-state index is 0.646. The topological polar surface area (TPSA) is 24.9 Å². The molecule has 1 heterocycles. The second-order valence-electron chi connectivity index (χ2n) is 5.43. The predicted octanol–water partition coefficient (Wildman–Crippen LogP) is 3.43. The van der Waals surface area contributed by atoms with Gasteiger partial charge in [0.2, 0.25) is 0 Å². The Bertz CT molecular complexity index is 530. The van der Waals surface area contributed by atoms with E-state index < -0.39 is 0 Å². The molecule has 0 unspecified atom stereocenters. The Morgan fingerprint density at radius 2 is 1.84 bits per heavy atom. The highest BCUT2D eigenvalue weighted by Gasteiger charge is 2.29. The van der Waals surface area contributed by atoms with Crippen LogP contribution in [0, 0.1) is 6.92 Å². The van der Waals surface area contributed by atoms with Gasteiger partial charge in [0, 0.05) is 18.3 Å². The van der Waals surface area contributed by atoms with Gasteiger partial charge in [0.05, 0.1) is 5.69 Å². The van der Waals surface area contributed by atoms with Crippen molar-refractivity contribution in [3.63, 3.8) is 0 Å². The SMILES string of the molecule is Cc1cccc(CNC2CC(c3ccccc3)C2)n1. The third-order valence-electron chi connectivity index (χ3n) is 3.93. The van der Waals surface area contributed by atoms with Gasteiger partial charge in [-0.25, -0.2) is 0 Å². The summed E-state index contributed by atoms with van der Waals surface area (Å²) in [4.78, 5) is 4.52. The maximum absolute atomic E-state index is 4.52. The van der Waals surface area contributed by atoms with Crippen molar-refractivity contribution in [3.8, 4) is 0 Å². The number of aromatic nitrogens is 1. The first-order valence-corrected chi connectivity index (χ1v) is 7.02. The lowest BCUT2D eigenvalue weighted by Gasteiger charge is -2.36. The quantitative estimate of drug-likeness (QED) is 0.901. The highest BCUT2D eigenvalue weighted by Crippen LogP contribution is 2.36. The molecule has 1 aliphatic carbocycles. The normalized spacial score (nSPS) is 21.9. The minimum absolute atomic E-state index is 0.646. The Balaban J connectivity index is 1.47. The molecule has 0 amide bonds. The number of aryl methyl sites for hydroxylation is 1. The molecule has 0 radical (unpaired) electrons. The van der Waals surface area contributed by atoms with Crippen molar-refractivity contribution < 1.29 is 0 Å². The van der Waals surface area contributed by atoms with Crippen molar-refractivity contribution >= 4 is 0 Å². The van der Waals surface area contributed by atoms with E-state index >= 15 is 0 Å². The van der Waals surface area contributed by atoms with Gasteiger partial charge in [-0.1, -0.05) is 36.4 Å². The van der Waals surface area contributed by atoms with Crippen LogP contribution in [0.1, 0.15) is 35.7 Å². The summed E-state index contributed by atoms with van der Waals surface area (Å²) in [5.41, 5.74) is 3.72. The fourth-order valence-corrected chi connectivity index (χ4v) is 2.73. The summed E-state index contributed by atoms with van der Waals surface area (Å²) in [6, 6.07) is 17.7. The maximum Gasteiger partial charge on any atom is 0.0544 e. The molecule has 1 aromatic carbocycles. The smallest absolute Gasteiger partial charge is 0.0544 e. The number of pyridine rings is 1. The monoisotopic (exact) mass is 252 g/mol. The molecule has 1 N–H and O–H groups in total. The number of benzene rings is 1. The average Bonchev–Trinajstić information content (AvgIpc) is 2.38. The van der Waals surface area contributed by atoms with Gasteiger partial charge < -0.3 is 5.32 Å². The molecular weight excluding hydrogens is 232 g/mol. The Kier molecular flexibility index (Phi) is 3.60. The largest absolute Gasteiger partial charge is 0.308 e. The van der Waals surface area contributed by atoms with Gasteiger partial charge in [-0.05, 0) is 43.4 Å². The lowest BCUT2D eigenvalue weighted by Crippen LogP contribution is -2.39. The number of hydrogen-bond acceptors (Lipinski definition) is 2. The molecule has 3 rings (SSSR count). The van der Waals surface area contributed by atoms with Crippen LogP contribution in [-0.2, 0) is 6.54 Å². The molecule has 0 atom stereocenters. The van der Waals surface area contributed by atoms with E-state index in [1.54, 1.807) is 0 Å².